The first-order chi connectivity index (χ1) is 48.7. The Labute approximate surface area is 614 Å². The molecule has 5 rings (SSSR count). The number of rotatable bonds is 56. The lowest BCUT2D eigenvalue weighted by molar-refractivity contribution is 0.250. The average Bonchev–Trinajstić information content (AvgIpc) is 0.753. The molecule has 0 amide bonds. The van der Waals surface area contributed by atoms with Crippen molar-refractivity contribution in [2.24, 2.45) is 23.7 Å². The van der Waals surface area contributed by atoms with Crippen molar-refractivity contribution in [1.29, 1.82) is 0 Å². The van der Waals surface area contributed by atoms with Crippen LogP contribution in [0.25, 0.3) is 0 Å². The molecule has 0 spiro atoms. The Morgan fingerprint density at radius 1 is 0.230 bits per heavy atom. The van der Waals surface area contributed by atoms with Crippen molar-refractivity contribution in [2.45, 2.75) is 389 Å². The minimum absolute atomic E-state index is 0.198. The Morgan fingerprint density at radius 3 is 0.550 bits per heavy atom. The van der Waals surface area contributed by atoms with Crippen molar-refractivity contribution >= 4 is 0 Å². The first-order valence-electron chi connectivity index (χ1n) is 42.7. The number of phenols is 4. The van der Waals surface area contributed by atoms with Gasteiger partial charge in [0, 0.05) is 92.4 Å². The molecule has 1 aliphatic rings. The molecular weight excluding hydrogens is 1230 g/mol. The first-order valence-corrected chi connectivity index (χ1v) is 42.7. The van der Waals surface area contributed by atoms with Crippen LogP contribution in [-0.2, 0) is 0 Å². The van der Waals surface area contributed by atoms with Crippen molar-refractivity contribution in [3.8, 4) is 46.0 Å². The van der Waals surface area contributed by atoms with E-state index in [-0.39, 0.29) is 70.3 Å². The molecule has 8 nitrogen and oxygen atoms in total. The van der Waals surface area contributed by atoms with Gasteiger partial charge in [0.15, 0.2) is 0 Å². The lowest BCUT2D eigenvalue weighted by Crippen LogP contribution is -2.16. The van der Waals surface area contributed by atoms with Gasteiger partial charge in [-0.15, -0.1) is 0 Å². The maximum atomic E-state index is 13.2. The average molecular weight is 1390 g/mol. The molecule has 4 aromatic rings. The van der Waals surface area contributed by atoms with E-state index >= 15 is 0 Å². The molecule has 8 atom stereocenters. The Balaban J connectivity index is 1.97. The lowest BCUT2D eigenvalue weighted by atomic mass is 9.76. The minimum Gasteiger partial charge on any atom is -0.508 e. The van der Waals surface area contributed by atoms with E-state index in [9.17, 15) is 20.4 Å². The van der Waals surface area contributed by atoms with E-state index in [2.05, 4.69) is 107 Å². The third-order valence-electron chi connectivity index (χ3n) is 22.9. The molecule has 0 aliphatic heterocycles. The second kappa shape index (κ2) is 50.6. The molecule has 4 aromatic carbocycles. The fraction of sp³-hybridized carbons (Fsp3) is 0.739. The van der Waals surface area contributed by atoms with E-state index in [1.807, 2.05) is 24.3 Å². The Bertz CT molecular complexity index is 2410. The molecular formula is C92H152O8. The van der Waals surface area contributed by atoms with Gasteiger partial charge in [0.05, 0.1) is 26.4 Å². The van der Waals surface area contributed by atoms with Crippen molar-refractivity contribution in [3.63, 3.8) is 0 Å². The second-order valence-electron chi connectivity index (χ2n) is 31.8. The molecule has 8 heteroatoms. The number of unbranched alkanes of at least 4 members (excludes halogenated alkanes) is 32. The van der Waals surface area contributed by atoms with Gasteiger partial charge in [-0.1, -0.05) is 340 Å². The number of hydrogen-bond donors (Lipinski definition) is 4. The van der Waals surface area contributed by atoms with Crippen LogP contribution in [0.15, 0.2) is 48.5 Å². The van der Waals surface area contributed by atoms with Gasteiger partial charge < -0.3 is 39.4 Å². The van der Waals surface area contributed by atoms with E-state index in [1.54, 1.807) is 0 Å². The van der Waals surface area contributed by atoms with Gasteiger partial charge in [0.1, 0.15) is 46.0 Å². The number of hydrogen-bond acceptors (Lipinski definition) is 8. The Hall–Kier alpha value is -4.72. The number of aromatic hydroxyl groups is 4. The highest BCUT2D eigenvalue weighted by Crippen LogP contribution is 2.54. The van der Waals surface area contributed by atoms with E-state index in [1.165, 1.54) is 154 Å². The first kappa shape index (κ1) is 85.9. The van der Waals surface area contributed by atoms with Crippen molar-refractivity contribution in [1.82, 2.24) is 0 Å². The summed E-state index contributed by atoms with van der Waals surface area (Å²) in [6.07, 6.45) is 49.9. The van der Waals surface area contributed by atoms with Gasteiger partial charge in [-0.2, -0.15) is 0 Å². The third-order valence-corrected chi connectivity index (χ3v) is 22.9. The van der Waals surface area contributed by atoms with Crippen LogP contribution < -0.4 is 18.9 Å². The van der Waals surface area contributed by atoms with E-state index in [0.717, 1.165) is 173 Å². The number of fused-ring (bicyclic) bond motifs is 8. The Kier molecular flexibility index (Phi) is 43.5. The van der Waals surface area contributed by atoms with Crippen LogP contribution in [0.5, 0.6) is 46.0 Å². The Morgan fingerprint density at radius 2 is 0.390 bits per heavy atom. The highest BCUT2D eigenvalue weighted by molar-refractivity contribution is 5.63. The van der Waals surface area contributed by atoms with Gasteiger partial charge >= 0.3 is 0 Å². The monoisotopic (exact) mass is 1390 g/mol. The fourth-order valence-electron chi connectivity index (χ4n) is 15.1. The number of phenolic OH excluding ortho intramolecular Hbond substituents is 4. The summed E-state index contributed by atoms with van der Waals surface area (Å²) in [6.45, 7) is 28.9. The van der Waals surface area contributed by atoms with Crippen molar-refractivity contribution < 1.29 is 39.4 Å². The lowest BCUT2D eigenvalue weighted by Gasteiger charge is -2.31. The highest BCUT2D eigenvalue weighted by Gasteiger charge is 2.35. The number of ether oxygens (including phenoxy) is 4. The van der Waals surface area contributed by atoms with Crippen molar-refractivity contribution in [2.75, 3.05) is 26.4 Å². The summed E-state index contributed by atoms with van der Waals surface area (Å²) in [4.78, 5) is 0. The van der Waals surface area contributed by atoms with Crippen LogP contribution >= 0.6 is 0 Å². The van der Waals surface area contributed by atoms with Gasteiger partial charge in [-0.3, -0.25) is 0 Å². The molecule has 4 N–H and O–H groups in total. The molecule has 0 aromatic heterocycles. The maximum Gasteiger partial charge on any atom is 0.126 e. The molecule has 0 fully saturated rings. The summed E-state index contributed by atoms with van der Waals surface area (Å²) in [5, 5.41) is 52.9. The summed E-state index contributed by atoms with van der Waals surface area (Å²) >= 11 is 0. The molecule has 0 saturated carbocycles. The van der Waals surface area contributed by atoms with Crippen LogP contribution in [0.2, 0.25) is 0 Å². The van der Waals surface area contributed by atoms with Crippen LogP contribution in [0.4, 0.5) is 0 Å². The van der Waals surface area contributed by atoms with Gasteiger partial charge in [-0.25, -0.2) is 0 Å². The zero-order valence-corrected chi connectivity index (χ0v) is 66.6. The molecule has 0 heterocycles. The summed E-state index contributed by atoms with van der Waals surface area (Å²) < 4.78 is 28.4. The topological polar surface area (TPSA) is 118 Å². The van der Waals surface area contributed by atoms with E-state index < -0.39 is 0 Å². The highest BCUT2D eigenvalue weighted by atomic mass is 16.5. The molecule has 0 saturated heterocycles. The molecule has 100 heavy (non-hydrogen) atoms. The molecule has 568 valence electrons. The molecule has 1 aliphatic carbocycles. The van der Waals surface area contributed by atoms with E-state index in [0.29, 0.717) is 49.4 Å². The van der Waals surface area contributed by atoms with Crippen molar-refractivity contribution in [3.05, 3.63) is 93.0 Å². The minimum atomic E-state index is -0.328. The smallest absolute Gasteiger partial charge is 0.126 e. The molecule has 0 radical (unpaired) electrons. The van der Waals surface area contributed by atoms with Gasteiger partial charge in [0.25, 0.3) is 0 Å². The summed E-state index contributed by atoms with van der Waals surface area (Å²) in [6, 6.07) is 16.9. The largest absolute Gasteiger partial charge is 0.508 e. The van der Waals surface area contributed by atoms with Crippen LogP contribution in [0.1, 0.15) is 434 Å². The standard InChI is InChI=1S/C92H152O8/c1-13-21-25-29-33-37-41-45-49-53-73-77-57-82(90(61-85(77)93)98-66-70(10)18-6)75(55-51-47-43-39-35-31-27-23-15-3)79-59-84(92(63-87(79)95)100-68-72(12)20-8)76(56-52-48-44-40-36-32-28-24-16-4)80-60-83(91(64-88(80)96)99-67-71(11)19-7)74(54-50-46-42-38-34-30-26-22-14-2)78-58-81(73)89(62-86(78)94)97-65-69(9)17-5/h57-64,69-76,93-96H,13-56,65-68H2,1-12H3/t69-,70-,71-,72-,73-,74-,75+,76+/m0/s1. The quantitative estimate of drug-likeness (QED) is 0.0323. The second-order valence-corrected chi connectivity index (χ2v) is 31.8. The fourth-order valence-corrected chi connectivity index (χ4v) is 15.1. The summed E-state index contributed by atoms with van der Waals surface area (Å²) in [5.41, 5.74) is 7.22. The maximum absolute atomic E-state index is 13.2. The van der Waals surface area contributed by atoms with Crippen LogP contribution in [-0.4, -0.2) is 46.9 Å². The normalized spacial score (nSPS) is 16.5. The predicted molar refractivity (Wildman–Crippen MR) is 427 cm³/mol. The van der Waals surface area contributed by atoms with Crippen LogP contribution in [0, 0.1) is 23.7 Å². The van der Waals surface area contributed by atoms with E-state index in [4.69, 9.17) is 18.9 Å². The van der Waals surface area contributed by atoms with Crippen LogP contribution in [0.3, 0.4) is 0 Å². The third kappa shape index (κ3) is 29.8. The zero-order chi connectivity index (χ0) is 72.3. The SMILES string of the molecule is CCCCCCCCCCC[C@@H]1c2cc(c(OC[C@@H](C)CC)cc2O)[C@@H](CCCCCCCCCCC)c2cc(c(OC[C@@H](C)CC)cc2O)[C@@H](CCCCCCCCCCC)c2cc(c(OC[C@@H](C)CC)cc2O)[C@H](CCCCCCCCCCC)c2cc1c(OC[C@@H](C)CC)cc2O. The number of benzene rings is 4. The molecule has 8 bridgehead atoms. The van der Waals surface area contributed by atoms with Gasteiger partial charge in [0.2, 0.25) is 0 Å². The summed E-state index contributed by atoms with van der Waals surface area (Å²) in [7, 11) is 0. The summed E-state index contributed by atoms with van der Waals surface area (Å²) in [5.74, 6) is 3.20. The molecule has 0 unspecified atom stereocenters. The van der Waals surface area contributed by atoms with Gasteiger partial charge in [-0.05, 0) is 73.6 Å². The predicted octanol–water partition coefficient (Wildman–Crippen LogP) is 28.7. The zero-order valence-electron chi connectivity index (χ0n) is 66.6.